The number of hydrogen-bond acceptors (Lipinski definition) is 3. The summed E-state index contributed by atoms with van der Waals surface area (Å²) in [5, 5.41) is 7.01. The SMILES string of the molecule is CNCC(=O)c1ccc(-n2nccc2Br)cc1. The third kappa shape index (κ3) is 2.62. The molecule has 1 heterocycles. The summed E-state index contributed by atoms with van der Waals surface area (Å²) in [6.07, 6.45) is 1.71. The van der Waals surface area contributed by atoms with E-state index in [2.05, 4.69) is 26.3 Å². The molecule has 0 spiro atoms. The first-order chi connectivity index (χ1) is 8.22. The van der Waals surface area contributed by atoms with E-state index in [1.807, 2.05) is 30.3 Å². The molecule has 2 aromatic rings. The van der Waals surface area contributed by atoms with Crippen LogP contribution in [0, 0.1) is 0 Å². The number of benzene rings is 1. The van der Waals surface area contributed by atoms with Gasteiger partial charge in [-0.15, -0.1) is 0 Å². The van der Waals surface area contributed by atoms with Crippen molar-refractivity contribution in [2.45, 2.75) is 0 Å². The van der Waals surface area contributed by atoms with Gasteiger partial charge in [0.05, 0.1) is 18.4 Å². The van der Waals surface area contributed by atoms with E-state index in [9.17, 15) is 4.79 Å². The molecule has 2 rings (SSSR count). The van der Waals surface area contributed by atoms with Gasteiger partial charge in [0.1, 0.15) is 4.60 Å². The Morgan fingerprint density at radius 1 is 1.35 bits per heavy atom. The Labute approximate surface area is 108 Å². The van der Waals surface area contributed by atoms with E-state index in [-0.39, 0.29) is 5.78 Å². The second kappa shape index (κ2) is 5.25. The minimum absolute atomic E-state index is 0.0820. The highest BCUT2D eigenvalue weighted by Gasteiger charge is 2.06. The third-order valence-corrected chi connectivity index (χ3v) is 2.97. The molecule has 0 saturated heterocycles. The van der Waals surface area contributed by atoms with Crippen LogP contribution >= 0.6 is 15.9 Å². The summed E-state index contributed by atoms with van der Waals surface area (Å²) in [6, 6.07) is 9.23. The fourth-order valence-electron chi connectivity index (χ4n) is 1.53. The molecule has 4 nitrogen and oxygen atoms in total. The molecule has 1 aromatic carbocycles. The number of nitrogens with zero attached hydrogens (tertiary/aromatic N) is 2. The number of halogens is 1. The average Bonchev–Trinajstić information content (AvgIpc) is 2.76. The van der Waals surface area contributed by atoms with Gasteiger partial charge in [-0.25, -0.2) is 4.68 Å². The highest BCUT2D eigenvalue weighted by molar-refractivity contribution is 9.10. The van der Waals surface area contributed by atoms with Gasteiger partial charge in [0.15, 0.2) is 5.78 Å². The van der Waals surface area contributed by atoms with Gasteiger partial charge in [0.2, 0.25) is 0 Å². The Kier molecular flexibility index (Phi) is 3.71. The lowest BCUT2D eigenvalue weighted by Crippen LogP contribution is -2.18. The monoisotopic (exact) mass is 293 g/mol. The first kappa shape index (κ1) is 12.0. The fraction of sp³-hybridized carbons (Fsp3) is 0.167. The molecular weight excluding hydrogens is 282 g/mol. The van der Waals surface area contributed by atoms with Crippen molar-refractivity contribution in [3.63, 3.8) is 0 Å². The lowest BCUT2D eigenvalue weighted by Gasteiger charge is -2.04. The minimum atomic E-state index is 0.0820. The number of aromatic nitrogens is 2. The Bertz CT molecular complexity index is 519. The summed E-state index contributed by atoms with van der Waals surface area (Å²) in [7, 11) is 1.76. The van der Waals surface area contributed by atoms with Gasteiger partial charge < -0.3 is 5.32 Å². The molecule has 17 heavy (non-hydrogen) atoms. The molecule has 0 amide bonds. The first-order valence-electron chi connectivity index (χ1n) is 5.20. The van der Waals surface area contributed by atoms with E-state index in [4.69, 9.17) is 0 Å². The fourth-order valence-corrected chi connectivity index (χ4v) is 1.94. The molecule has 1 aromatic heterocycles. The predicted molar refractivity (Wildman–Crippen MR) is 69.5 cm³/mol. The van der Waals surface area contributed by atoms with Crippen LogP contribution in [0.1, 0.15) is 10.4 Å². The number of nitrogens with one attached hydrogen (secondary N) is 1. The van der Waals surface area contributed by atoms with Crippen molar-refractivity contribution in [3.05, 3.63) is 46.7 Å². The molecule has 5 heteroatoms. The largest absolute Gasteiger partial charge is 0.313 e. The smallest absolute Gasteiger partial charge is 0.176 e. The number of rotatable bonds is 4. The quantitative estimate of drug-likeness (QED) is 0.878. The Morgan fingerprint density at radius 2 is 2.06 bits per heavy atom. The van der Waals surface area contributed by atoms with Crippen molar-refractivity contribution in [2.75, 3.05) is 13.6 Å². The van der Waals surface area contributed by atoms with Crippen LogP contribution in [-0.2, 0) is 0 Å². The van der Waals surface area contributed by atoms with E-state index in [1.54, 1.807) is 17.9 Å². The predicted octanol–water partition coefficient (Wildman–Crippen LogP) is 2.04. The molecule has 88 valence electrons. The maximum absolute atomic E-state index is 11.6. The molecule has 0 aliphatic carbocycles. The summed E-state index contributed by atoms with van der Waals surface area (Å²) in [6.45, 7) is 0.352. The molecule has 0 aliphatic rings. The van der Waals surface area contributed by atoms with Crippen LogP contribution in [0.15, 0.2) is 41.1 Å². The number of hydrogen-bond donors (Lipinski definition) is 1. The highest BCUT2D eigenvalue weighted by Crippen LogP contribution is 2.16. The lowest BCUT2D eigenvalue weighted by atomic mass is 10.1. The van der Waals surface area contributed by atoms with E-state index >= 15 is 0 Å². The second-order valence-electron chi connectivity index (χ2n) is 3.57. The van der Waals surface area contributed by atoms with Crippen molar-refractivity contribution in [3.8, 4) is 5.69 Å². The Morgan fingerprint density at radius 3 is 2.59 bits per heavy atom. The molecular formula is C12H12BrN3O. The summed E-state index contributed by atoms with van der Waals surface area (Å²) in [4.78, 5) is 11.6. The van der Waals surface area contributed by atoms with E-state index in [1.165, 1.54) is 0 Å². The van der Waals surface area contributed by atoms with Crippen LogP contribution in [0.4, 0.5) is 0 Å². The maximum Gasteiger partial charge on any atom is 0.176 e. The molecule has 0 atom stereocenters. The van der Waals surface area contributed by atoms with Crippen LogP contribution < -0.4 is 5.32 Å². The number of likely N-dealkylation sites (N-methyl/N-ethyl adjacent to an activating group) is 1. The van der Waals surface area contributed by atoms with Crippen LogP contribution in [0.5, 0.6) is 0 Å². The number of carbonyl (C=O) groups is 1. The number of Topliss-reactive ketones (excluding diaryl/α,β-unsaturated/α-hetero) is 1. The number of ketones is 1. The van der Waals surface area contributed by atoms with E-state index < -0.39 is 0 Å². The van der Waals surface area contributed by atoms with Crippen molar-refractivity contribution in [1.82, 2.24) is 15.1 Å². The van der Waals surface area contributed by atoms with E-state index in [0.717, 1.165) is 10.3 Å². The van der Waals surface area contributed by atoms with Gasteiger partial charge in [-0.2, -0.15) is 5.10 Å². The molecule has 0 fully saturated rings. The van der Waals surface area contributed by atoms with E-state index in [0.29, 0.717) is 12.1 Å². The van der Waals surface area contributed by atoms with Crippen molar-refractivity contribution in [2.24, 2.45) is 0 Å². The van der Waals surface area contributed by atoms with Gasteiger partial charge in [-0.1, -0.05) is 0 Å². The summed E-state index contributed by atoms with van der Waals surface area (Å²) in [5.41, 5.74) is 1.62. The van der Waals surface area contributed by atoms with Crippen molar-refractivity contribution >= 4 is 21.7 Å². The van der Waals surface area contributed by atoms with Gasteiger partial charge in [-0.3, -0.25) is 4.79 Å². The summed E-state index contributed by atoms with van der Waals surface area (Å²) < 4.78 is 2.64. The molecule has 0 unspecified atom stereocenters. The minimum Gasteiger partial charge on any atom is -0.313 e. The second-order valence-corrected chi connectivity index (χ2v) is 4.38. The van der Waals surface area contributed by atoms with Crippen LogP contribution in [0.3, 0.4) is 0 Å². The maximum atomic E-state index is 11.6. The lowest BCUT2D eigenvalue weighted by molar-refractivity contribution is 0.0993. The van der Waals surface area contributed by atoms with Crippen molar-refractivity contribution < 1.29 is 4.79 Å². The standard InChI is InChI=1S/C12H12BrN3O/c1-14-8-11(17)9-2-4-10(5-3-9)16-12(13)6-7-15-16/h2-7,14H,8H2,1H3. The Balaban J connectivity index is 2.25. The van der Waals surface area contributed by atoms with Crippen LogP contribution in [0.25, 0.3) is 5.69 Å². The normalized spacial score (nSPS) is 10.5. The van der Waals surface area contributed by atoms with Gasteiger partial charge in [-0.05, 0) is 53.3 Å². The van der Waals surface area contributed by atoms with Crippen LogP contribution in [-0.4, -0.2) is 29.2 Å². The molecule has 0 saturated carbocycles. The summed E-state index contributed by atoms with van der Waals surface area (Å²) in [5.74, 6) is 0.0820. The van der Waals surface area contributed by atoms with Gasteiger partial charge >= 0.3 is 0 Å². The number of carbonyl (C=O) groups excluding carboxylic acids is 1. The zero-order valence-electron chi connectivity index (χ0n) is 9.35. The Hall–Kier alpha value is -1.46. The van der Waals surface area contributed by atoms with Crippen molar-refractivity contribution in [1.29, 1.82) is 0 Å². The third-order valence-electron chi connectivity index (χ3n) is 2.37. The molecule has 0 radical (unpaired) electrons. The zero-order chi connectivity index (χ0) is 12.3. The molecule has 0 aliphatic heterocycles. The highest BCUT2D eigenvalue weighted by atomic mass is 79.9. The molecule has 0 bridgehead atoms. The van der Waals surface area contributed by atoms with Crippen LogP contribution in [0.2, 0.25) is 0 Å². The van der Waals surface area contributed by atoms with Gasteiger partial charge in [0, 0.05) is 5.56 Å². The first-order valence-corrected chi connectivity index (χ1v) is 5.99. The average molecular weight is 294 g/mol. The van der Waals surface area contributed by atoms with Gasteiger partial charge in [0.25, 0.3) is 0 Å². The molecule has 1 N–H and O–H groups in total. The zero-order valence-corrected chi connectivity index (χ0v) is 10.9. The topological polar surface area (TPSA) is 46.9 Å². The summed E-state index contributed by atoms with van der Waals surface area (Å²) >= 11 is 3.40.